The lowest BCUT2D eigenvalue weighted by molar-refractivity contribution is -0.151. The predicted molar refractivity (Wildman–Crippen MR) is 86.7 cm³/mol. The van der Waals surface area contributed by atoms with Crippen molar-refractivity contribution in [2.45, 2.75) is 58.1 Å². The molecule has 0 aromatic heterocycles. The Morgan fingerprint density at radius 3 is 2.48 bits per heavy atom. The summed E-state index contributed by atoms with van der Waals surface area (Å²) < 4.78 is 14.5. The van der Waals surface area contributed by atoms with E-state index in [2.05, 4.69) is 5.32 Å². The van der Waals surface area contributed by atoms with Gasteiger partial charge in [-0.1, -0.05) is 6.42 Å². The number of ketones is 1. The third-order valence-corrected chi connectivity index (χ3v) is 3.46. The van der Waals surface area contributed by atoms with Crippen LogP contribution in [0.2, 0.25) is 0 Å². The van der Waals surface area contributed by atoms with Crippen molar-refractivity contribution in [2.75, 3.05) is 20.4 Å². The third kappa shape index (κ3) is 7.86. The van der Waals surface area contributed by atoms with Crippen LogP contribution in [0.1, 0.15) is 46.5 Å². The summed E-state index contributed by atoms with van der Waals surface area (Å²) in [7, 11) is 1.47. The van der Waals surface area contributed by atoms with E-state index in [9.17, 15) is 19.2 Å². The fourth-order valence-electron chi connectivity index (χ4n) is 2.26. The number of carbonyl (C=O) groups is 4. The molecule has 1 fully saturated rings. The van der Waals surface area contributed by atoms with Crippen LogP contribution in [0.3, 0.4) is 0 Å². The maximum atomic E-state index is 11.9. The van der Waals surface area contributed by atoms with Gasteiger partial charge < -0.3 is 24.4 Å². The summed E-state index contributed by atoms with van der Waals surface area (Å²) >= 11 is 0. The van der Waals surface area contributed by atoms with Gasteiger partial charge >= 0.3 is 18.2 Å². The molecule has 1 atom stereocenters. The molecule has 2 amide bonds. The van der Waals surface area contributed by atoms with Crippen molar-refractivity contribution in [1.82, 2.24) is 10.2 Å². The van der Waals surface area contributed by atoms with E-state index in [1.54, 1.807) is 20.8 Å². The van der Waals surface area contributed by atoms with Crippen molar-refractivity contribution in [3.8, 4) is 0 Å². The Morgan fingerprint density at radius 1 is 1.20 bits per heavy atom. The molecule has 9 heteroatoms. The average Bonchev–Trinajstić information content (AvgIpc) is 2.51. The zero-order chi connectivity index (χ0) is 19.0. The van der Waals surface area contributed by atoms with Gasteiger partial charge in [0.05, 0.1) is 6.04 Å². The maximum Gasteiger partial charge on any atom is 0.413 e. The second-order valence-electron chi connectivity index (χ2n) is 6.74. The largest absolute Gasteiger partial charge is 0.444 e. The van der Waals surface area contributed by atoms with E-state index in [-0.39, 0.29) is 5.78 Å². The normalized spacial score (nSPS) is 17.4. The van der Waals surface area contributed by atoms with Crippen LogP contribution < -0.4 is 5.32 Å². The highest BCUT2D eigenvalue weighted by atomic mass is 16.7. The molecule has 9 nitrogen and oxygen atoms in total. The lowest BCUT2D eigenvalue weighted by Gasteiger charge is -2.29. The van der Waals surface area contributed by atoms with Crippen LogP contribution in [0.5, 0.6) is 0 Å². The van der Waals surface area contributed by atoms with Crippen molar-refractivity contribution in [3.63, 3.8) is 0 Å². The number of likely N-dealkylation sites (N-methyl/N-ethyl adjacent to an activating group) is 1. The molecule has 1 unspecified atom stereocenters. The maximum absolute atomic E-state index is 11.9. The summed E-state index contributed by atoms with van der Waals surface area (Å²) in [5, 5.41) is 2.23. The summed E-state index contributed by atoms with van der Waals surface area (Å²) in [6.07, 6.45) is 1.27. The molecule has 0 heterocycles. The molecule has 0 saturated heterocycles. The molecular formula is C16H26N2O7. The van der Waals surface area contributed by atoms with Gasteiger partial charge in [0, 0.05) is 13.5 Å². The predicted octanol–water partition coefficient (Wildman–Crippen LogP) is 1.59. The Labute approximate surface area is 147 Å². The zero-order valence-corrected chi connectivity index (χ0v) is 15.1. The van der Waals surface area contributed by atoms with Gasteiger partial charge in [-0.05, 0) is 33.6 Å². The first-order valence-electron chi connectivity index (χ1n) is 8.15. The number of amides is 2. The summed E-state index contributed by atoms with van der Waals surface area (Å²) in [6, 6.07) is -0.495. The molecule has 25 heavy (non-hydrogen) atoms. The molecule has 1 aliphatic carbocycles. The molecule has 0 spiro atoms. The highest BCUT2D eigenvalue weighted by Gasteiger charge is 2.29. The second-order valence-corrected chi connectivity index (χ2v) is 6.74. The van der Waals surface area contributed by atoms with Crippen LogP contribution in [-0.4, -0.2) is 60.9 Å². The Bertz CT molecular complexity index is 513. The molecule has 1 rings (SSSR count). The van der Waals surface area contributed by atoms with Crippen LogP contribution in [0, 0.1) is 0 Å². The minimum Gasteiger partial charge on any atom is -0.444 e. The average molecular weight is 358 g/mol. The van der Waals surface area contributed by atoms with Gasteiger partial charge in [-0.15, -0.1) is 0 Å². The number of hydrogen-bond donors (Lipinski definition) is 1. The lowest BCUT2D eigenvalue weighted by atomic mass is 9.93. The van der Waals surface area contributed by atoms with Crippen molar-refractivity contribution < 1.29 is 33.4 Å². The van der Waals surface area contributed by atoms with Gasteiger partial charge in [-0.2, -0.15) is 0 Å². The van der Waals surface area contributed by atoms with Gasteiger partial charge in [0.15, 0.2) is 5.78 Å². The first-order valence-corrected chi connectivity index (χ1v) is 8.15. The number of hydrogen-bond acceptors (Lipinski definition) is 7. The van der Waals surface area contributed by atoms with Crippen molar-refractivity contribution >= 4 is 23.9 Å². The monoisotopic (exact) mass is 358 g/mol. The minimum atomic E-state index is -0.782. The van der Waals surface area contributed by atoms with E-state index in [1.807, 2.05) is 0 Å². The first-order chi connectivity index (χ1) is 11.6. The zero-order valence-electron chi connectivity index (χ0n) is 15.1. The molecule has 1 N–H and O–H groups in total. The van der Waals surface area contributed by atoms with E-state index in [4.69, 9.17) is 14.2 Å². The number of nitrogens with one attached hydrogen (secondary N) is 1. The molecule has 0 aromatic rings. The second kappa shape index (κ2) is 9.24. The summed E-state index contributed by atoms with van der Waals surface area (Å²) in [6.45, 7) is 4.07. The van der Waals surface area contributed by atoms with Crippen molar-refractivity contribution in [3.05, 3.63) is 0 Å². The molecule has 142 valence electrons. The molecule has 0 aliphatic heterocycles. The Morgan fingerprint density at radius 2 is 1.88 bits per heavy atom. The molecule has 1 aliphatic rings. The van der Waals surface area contributed by atoms with Crippen LogP contribution >= 0.6 is 0 Å². The standard InChI is InChI=1S/C16H26N2O7/c1-16(2,3)25-14(21)17-9-13(20)23-10-24-15(22)18(4)11-7-5-6-8-12(11)19/h11H,5-10H2,1-4H3,(H,17,21). The lowest BCUT2D eigenvalue weighted by Crippen LogP contribution is -2.44. The van der Waals surface area contributed by atoms with Gasteiger partial charge in [0.2, 0.25) is 6.79 Å². The number of nitrogens with zero attached hydrogens (tertiary/aromatic N) is 1. The van der Waals surface area contributed by atoms with Gasteiger partial charge in [-0.25, -0.2) is 9.59 Å². The number of alkyl carbamates (subject to hydrolysis) is 1. The summed E-state index contributed by atoms with van der Waals surface area (Å²) in [5.74, 6) is -0.778. The number of rotatable bonds is 5. The first kappa shape index (κ1) is 20.7. The minimum absolute atomic E-state index is 0.00394. The summed E-state index contributed by atoms with van der Waals surface area (Å²) in [4.78, 5) is 47.7. The molecular weight excluding hydrogens is 332 g/mol. The Hall–Kier alpha value is -2.32. The van der Waals surface area contributed by atoms with E-state index in [0.717, 1.165) is 12.8 Å². The Balaban J connectivity index is 2.24. The molecule has 0 aromatic carbocycles. The molecule has 0 radical (unpaired) electrons. The van der Waals surface area contributed by atoms with E-state index >= 15 is 0 Å². The van der Waals surface area contributed by atoms with E-state index in [0.29, 0.717) is 12.8 Å². The quantitative estimate of drug-likeness (QED) is 0.587. The number of ether oxygens (including phenoxy) is 3. The van der Waals surface area contributed by atoms with Crippen LogP contribution in [0.25, 0.3) is 0 Å². The number of Topliss-reactive ketones (excluding diaryl/α,β-unsaturated/α-hetero) is 1. The number of carbonyl (C=O) groups excluding carboxylic acids is 4. The highest BCUT2D eigenvalue weighted by Crippen LogP contribution is 2.19. The fraction of sp³-hybridized carbons (Fsp3) is 0.750. The van der Waals surface area contributed by atoms with Gasteiger partial charge in [0.25, 0.3) is 0 Å². The SMILES string of the molecule is CN(C(=O)OCOC(=O)CNC(=O)OC(C)(C)C)C1CCCCC1=O. The molecule has 0 bridgehead atoms. The van der Waals surface area contributed by atoms with Crippen molar-refractivity contribution in [2.24, 2.45) is 0 Å². The van der Waals surface area contributed by atoms with Crippen molar-refractivity contribution in [1.29, 1.82) is 0 Å². The third-order valence-electron chi connectivity index (χ3n) is 3.46. The smallest absolute Gasteiger partial charge is 0.413 e. The van der Waals surface area contributed by atoms with Gasteiger partial charge in [0.1, 0.15) is 12.1 Å². The van der Waals surface area contributed by atoms with E-state index in [1.165, 1.54) is 11.9 Å². The van der Waals surface area contributed by atoms with Crippen LogP contribution in [-0.2, 0) is 23.8 Å². The van der Waals surface area contributed by atoms with Gasteiger partial charge in [-0.3, -0.25) is 9.59 Å². The topological polar surface area (TPSA) is 111 Å². The van der Waals surface area contributed by atoms with Crippen LogP contribution in [0.4, 0.5) is 9.59 Å². The Kier molecular flexibility index (Phi) is 7.66. The fourth-order valence-corrected chi connectivity index (χ4v) is 2.26. The highest BCUT2D eigenvalue weighted by molar-refractivity contribution is 5.87. The van der Waals surface area contributed by atoms with E-state index < -0.39 is 43.1 Å². The number of esters is 1. The van der Waals surface area contributed by atoms with Crippen LogP contribution in [0.15, 0.2) is 0 Å². The summed E-state index contributed by atoms with van der Waals surface area (Å²) in [5.41, 5.74) is -0.676. The molecule has 1 saturated carbocycles.